The van der Waals surface area contributed by atoms with Crippen LogP contribution in [-0.4, -0.2) is 52.1 Å². The molecule has 1 aliphatic heterocycles. The fourth-order valence-electron chi connectivity index (χ4n) is 3.31. The molecule has 0 aromatic heterocycles. The van der Waals surface area contributed by atoms with E-state index in [1.807, 2.05) is 19.9 Å². The molecule has 2 aliphatic rings. The number of piperidine rings is 1. The Balaban J connectivity index is 2.17. The van der Waals surface area contributed by atoms with Crippen LogP contribution >= 0.6 is 0 Å². The van der Waals surface area contributed by atoms with Gasteiger partial charge in [0.05, 0.1) is 18.1 Å². The predicted octanol–water partition coefficient (Wildman–Crippen LogP) is 1.46. The molecule has 0 aromatic rings. The number of ketones is 1. The van der Waals surface area contributed by atoms with Crippen LogP contribution in [0, 0.1) is 11.3 Å². The Morgan fingerprint density at radius 1 is 1.33 bits per heavy atom. The zero-order chi connectivity index (χ0) is 15.8. The minimum Gasteiger partial charge on any atom is -0.481 e. The maximum absolute atomic E-state index is 12.1. The maximum atomic E-state index is 12.1. The second kappa shape index (κ2) is 5.89. The molecule has 21 heavy (non-hydrogen) atoms. The monoisotopic (exact) mass is 295 g/mol. The first-order chi connectivity index (χ1) is 9.72. The largest absolute Gasteiger partial charge is 0.481 e. The lowest BCUT2D eigenvalue weighted by atomic mass is 9.79. The van der Waals surface area contributed by atoms with Crippen LogP contribution in [0.5, 0.6) is 0 Å². The van der Waals surface area contributed by atoms with Crippen LogP contribution in [0.25, 0.3) is 0 Å². The molecule has 0 bridgehead atoms. The summed E-state index contributed by atoms with van der Waals surface area (Å²) in [6, 6.07) is -0.207. The van der Waals surface area contributed by atoms with Gasteiger partial charge >= 0.3 is 5.97 Å². The smallest absolute Gasteiger partial charge is 0.306 e. The molecule has 1 heterocycles. The van der Waals surface area contributed by atoms with Gasteiger partial charge in [0, 0.05) is 6.42 Å². The number of carbonyl (C=O) groups is 2. The summed E-state index contributed by atoms with van der Waals surface area (Å²) in [5, 5.41) is 19.8. The second-order valence-electron chi connectivity index (χ2n) is 7.02. The van der Waals surface area contributed by atoms with Crippen molar-refractivity contribution in [3.8, 4) is 0 Å². The van der Waals surface area contributed by atoms with Crippen LogP contribution in [0.2, 0.25) is 0 Å². The summed E-state index contributed by atoms with van der Waals surface area (Å²) in [5.74, 6) is -0.941. The molecule has 2 rings (SSSR count). The Morgan fingerprint density at radius 3 is 2.43 bits per heavy atom. The van der Waals surface area contributed by atoms with Gasteiger partial charge in [-0.2, -0.15) is 0 Å². The normalized spacial score (nSPS) is 31.6. The number of rotatable bonds is 2. The standard InChI is InChI=1S/C16H25NO4/c1-10-8-12(14(19)16(2,3)9-13(10)18)17-6-4-11(5-7-17)15(20)21/h8,11-12,14,19H,4-7,9H2,1-3H3,(H,20,21). The third kappa shape index (κ3) is 3.35. The molecule has 1 fully saturated rings. The fourth-order valence-corrected chi connectivity index (χ4v) is 3.31. The molecular formula is C16H25NO4. The van der Waals surface area contributed by atoms with E-state index in [-0.39, 0.29) is 17.7 Å². The summed E-state index contributed by atoms with van der Waals surface area (Å²) >= 11 is 0. The van der Waals surface area contributed by atoms with Crippen molar-refractivity contribution in [3.63, 3.8) is 0 Å². The number of aliphatic hydroxyl groups is 1. The molecular weight excluding hydrogens is 270 g/mol. The van der Waals surface area contributed by atoms with E-state index >= 15 is 0 Å². The molecule has 0 radical (unpaired) electrons. The molecule has 2 N–H and O–H groups in total. The topological polar surface area (TPSA) is 77.8 Å². The van der Waals surface area contributed by atoms with E-state index in [1.54, 1.807) is 6.92 Å². The van der Waals surface area contributed by atoms with Gasteiger partial charge in [0.2, 0.25) is 0 Å². The maximum Gasteiger partial charge on any atom is 0.306 e. The fraction of sp³-hybridized carbons (Fsp3) is 0.750. The number of carboxylic acids is 1. The van der Waals surface area contributed by atoms with Gasteiger partial charge in [-0.3, -0.25) is 14.5 Å². The minimum atomic E-state index is -0.738. The lowest BCUT2D eigenvalue weighted by molar-refractivity contribution is -0.143. The van der Waals surface area contributed by atoms with Crippen LogP contribution in [0.4, 0.5) is 0 Å². The highest BCUT2D eigenvalue weighted by Crippen LogP contribution is 2.35. The van der Waals surface area contributed by atoms with Crippen LogP contribution in [0.3, 0.4) is 0 Å². The van der Waals surface area contributed by atoms with Gasteiger partial charge in [0.1, 0.15) is 0 Å². The molecule has 1 saturated heterocycles. The van der Waals surface area contributed by atoms with Crippen molar-refractivity contribution in [1.82, 2.24) is 4.90 Å². The van der Waals surface area contributed by atoms with Gasteiger partial charge in [-0.05, 0) is 43.8 Å². The first kappa shape index (κ1) is 16.2. The number of allylic oxidation sites excluding steroid dienone is 1. The summed E-state index contributed by atoms with van der Waals surface area (Å²) < 4.78 is 0. The minimum absolute atomic E-state index is 0.0852. The molecule has 5 nitrogen and oxygen atoms in total. The number of carbonyl (C=O) groups excluding carboxylic acids is 1. The third-order valence-corrected chi connectivity index (χ3v) is 4.90. The summed E-state index contributed by atoms with van der Waals surface area (Å²) in [5.41, 5.74) is 0.226. The number of Topliss-reactive ketones (excluding diaryl/α,β-unsaturated/α-hetero) is 1. The van der Waals surface area contributed by atoms with Crippen molar-refractivity contribution in [3.05, 3.63) is 11.6 Å². The van der Waals surface area contributed by atoms with E-state index in [4.69, 9.17) is 5.11 Å². The van der Waals surface area contributed by atoms with Gasteiger partial charge < -0.3 is 10.2 Å². The molecule has 0 amide bonds. The SMILES string of the molecule is CC1=CC(N2CCC(C(=O)O)CC2)C(O)C(C)(C)CC1=O. The van der Waals surface area contributed by atoms with Gasteiger partial charge in [0.15, 0.2) is 5.78 Å². The molecule has 5 heteroatoms. The number of carboxylic acid groups (broad SMARTS) is 1. The van der Waals surface area contributed by atoms with E-state index in [9.17, 15) is 14.7 Å². The number of aliphatic hydroxyl groups excluding tert-OH is 1. The number of likely N-dealkylation sites (tertiary alicyclic amines) is 1. The van der Waals surface area contributed by atoms with E-state index in [1.165, 1.54) is 0 Å². The molecule has 0 spiro atoms. The molecule has 2 unspecified atom stereocenters. The Kier molecular flexibility index (Phi) is 4.54. The Hall–Kier alpha value is -1.20. The van der Waals surface area contributed by atoms with E-state index < -0.39 is 17.5 Å². The Bertz CT molecular complexity index is 461. The molecule has 118 valence electrons. The molecule has 2 atom stereocenters. The van der Waals surface area contributed by atoms with Crippen molar-refractivity contribution < 1.29 is 19.8 Å². The van der Waals surface area contributed by atoms with Crippen molar-refractivity contribution in [1.29, 1.82) is 0 Å². The summed E-state index contributed by atoms with van der Waals surface area (Å²) in [6.07, 6.45) is 2.78. The highest BCUT2D eigenvalue weighted by Gasteiger charge is 2.41. The average Bonchev–Trinajstić information content (AvgIpc) is 2.49. The number of hydrogen-bond acceptors (Lipinski definition) is 4. The van der Waals surface area contributed by atoms with Gasteiger partial charge in [-0.15, -0.1) is 0 Å². The number of aliphatic carboxylic acids is 1. The summed E-state index contributed by atoms with van der Waals surface area (Å²) in [4.78, 5) is 25.2. The number of nitrogens with zero attached hydrogens (tertiary/aromatic N) is 1. The highest BCUT2D eigenvalue weighted by molar-refractivity contribution is 5.95. The van der Waals surface area contributed by atoms with E-state index in [0.717, 1.165) is 0 Å². The number of hydrogen-bond donors (Lipinski definition) is 2. The first-order valence-corrected chi connectivity index (χ1v) is 7.59. The lowest BCUT2D eigenvalue weighted by Gasteiger charge is -2.41. The highest BCUT2D eigenvalue weighted by atomic mass is 16.4. The molecule has 1 aliphatic carbocycles. The van der Waals surface area contributed by atoms with Gasteiger partial charge in [-0.25, -0.2) is 0 Å². The van der Waals surface area contributed by atoms with Crippen LogP contribution in [-0.2, 0) is 9.59 Å². The lowest BCUT2D eigenvalue weighted by Crippen LogP contribution is -2.51. The van der Waals surface area contributed by atoms with Crippen molar-refractivity contribution >= 4 is 11.8 Å². The summed E-state index contributed by atoms with van der Waals surface area (Å²) in [6.45, 7) is 6.92. The quantitative estimate of drug-likeness (QED) is 0.806. The average molecular weight is 295 g/mol. The van der Waals surface area contributed by atoms with Crippen molar-refractivity contribution in [2.45, 2.75) is 52.2 Å². The van der Waals surface area contributed by atoms with E-state index in [0.29, 0.717) is 37.9 Å². The molecule has 0 aromatic carbocycles. The Morgan fingerprint density at radius 2 is 1.90 bits per heavy atom. The predicted molar refractivity (Wildman–Crippen MR) is 78.9 cm³/mol. The van der Waals surface area contributed by atoms with Crippen molar-refractivity contribution in [2.75, 3.05) is 13.1 Å². The third-order valence-electron chi connectivity index (χ3n) is 4.90. The van der Waals surface area contributed by atoms with Gasteiger partial charge in [-0.1, -0.05) is 19.9 Å². The zero-order valence-corrected chi connectivity index (χ0v) is 13.0. The van der Waals surface area contributed by atoms with E-state index in [2.05, 4.69) is 4.90 Å². The van der Waals surface area contributed by atoms with Crippen LogP contribution < -0.4 is 0 Å². The molecule has 0 saturated carbocycles. The van der Waals surface area contributed by atoms with Crippen LogP contribution in [0.15, 0.2) is 11.6 Å². The van der Waals surface area contributed by atoms with Crippen LogP contribution in [0.1, 0.15) is 40.0 Å². The van der Waals surface area contributed by atoms with Gasteiger partial charge in [0.25, 0.3) is 0 Å². The second-order valence-corrected chi connectivity index (χ2v) is 7.02. The first-order valence-electron chi connectivity index (χ1n) is 7.59. The zero-order valence-electron chi connectivity index (χ0n) is 13.0. The van der Waals surface area contributed by atoms with Crippen molar-refractivity contribution in [2.24, 2.45) is 11.3 Å². The summed E-state index contributed by atoms with van der Waals surface area (Å²) in [7, 11) is 0. The Labute approximate surface area is 125 Å².